The zero-order valence-electron chi connectivity index (χ0n) is 7.80. The van der Waals surface area contributed by atoms with Crippen LogP contribution in [-0.2, 0) is 10.0 Å². The van der Waals surface area contributed by atoms with E-state index in [2.05, 4.69) is 10.1 Å². The molecule has 0 aromatic carbocycles. The molecule has 0 unspecified atom stereocenters. The van der Waals surface area contributed by atoms with Gasteiger partial charge in [0.15, 0.2) is 0 Å². The predicted molar refractivity (Wildman–Crippen MR) is 59.9 cm³/mol. The molecule has 0 fully saturated rings. The summed E-state index contributed by atoms with van der Waals surface area (Å²) >= 11 is 1.30. The first-order valence-electron chi connectivity index (χ1n) is 3.80. The van der Waals surface area contributed by atoms with E-state index in [4.69, 9.17) is 0 Å². The molecule has 1 aromatic rings. The molecule has 11 heteroatoms. The normalized spacial score (nSPS) is 11.8. The second kappa shape index (κ2) is 4.73. The number of primary sulfonamides is 1. The largest absolute Gasteiger partial charge is 0.378 e. The Balaban J connectivity index is 3.65. The minimum atomic E-state index is -4.38. The van der Waals surface area contributed by atoms with E-state index in [1.54, 1.807) is 0 Å². The maximum atomic E-state index is 12.5. The molecule has 17 heavy (non-hydrogen) atoms. The van der Waals surface area contributed by atoms with Gasteiger partial charge in [0.05, 0.1) is 0 Å². The fraction of sp³-hybridized carbons (Fsp3) is 0.167. The van der Waals surface area contributed by atoms with Crippen LogP contribution in [0.4, 0.5) is 14.6 Å². The molecular weight excluding hydrogens is 375 g/mol. The van der Waals surface area contributed by atoms with E-state index in [1.807, 2.05) is 0 Å². The Morgan fingerprint density at radius 1 is 1.53 bits per heavy atom. The molecule has 1 heterocycles. The van der Waals surface area contributed by atoms with Crippen molar-refractivity contribution in [2.45, 2.75) is 11.5 Å². The van der Waals surface area contributed by atoms with E-state index >= 15 is 0 Å². The van der Waals surface area contributed by atoms with Gasteiger partial charge >= 0.3 is 5.82 Å². The summed E-state index contributed by atoms with van der Waals surface area (Å²) in [5, 5.41) is 14.3. The number of alkyl halides is 2. The van der Waals surface area contributed by atoms with E-state index in [9.17, 15) is 27.3 Å². The van der Waals surface area contributed by atoms with Gasteiger partial charge in [-0.2, -0.15) is 0 Å². The van der Waals surface area contributed by atoms with Crippen LogP contribution >= 0.6 is 22.6 Å². The first-order valence-corrected chi connectivity index (χ1v) is 6.43. The van der Waals surface area contributed by atoms with Crippen LogP contribution in [0.5, 0.6) is 0 Å². The lowest BCUT2D eigenvalue weighted by molar-refractivity contribution is -0.391. The minimum absolute atomic E-state index is 0.421. The Morgan fingerprint density at radius 3 is 2.41 bits per heavy atom. The van der Waals surface area contributed by atoms with Crippen LogP contribution in [0.25, 0.3) is 0 Å². The van der Waals surface area contributed by atoms with Crippen molar-refractivity contribution in [1.82, 2.24) is 4.98 Å². The molecule has 0 spiro atoms. The van der Waals surface area contributed by atoms with Crippen molar-refractivity contribution in [1.29, 1.82) is 0 Å². The number of aromatic nitrogens is 1. The topological polar surface area (TPSA) is 116 Å². The van der Waals surface area contributed by atoms with Crippen LogP contribution in [0.2, 0.25) is 0 Å². The summed E-state index contributed by atoms with van der Waals surface area (Å²) in [6.45, 7) is 0. The van der Waals surface area contributed by atoms with E-state index in [0.717, 1.165) is 0 Å². The standard InChI is InChI=1S/C6H4F2IN3O4S/c7-5(8)2-1-3(17(10,15)16)11-6(4(2)9)12(13)14/h1,5H,(H2,10,15,16). The van der Waals surface area contributed by atoms with Gasteiger partial charge in [-0.05, 0) is 32.5 Å². The van der Waals surface area contributed by atoms with Gasteiger partial charge in [0.2, 0.25) is 0 Å². The van der Waals surface area contributed by atoms with Crippen LogP contribution in [-0.4, -0.2) is 18.3 Å². The Labute approximate surface area is 107 Å². The molecule has 7 nitrogen and oxygen atoms in total. The lowest BCUT2D eigenvalue weighted by Crippen LogP contribution is -2.16. The number of rotatable bonds is 3. The van der Waals surface area contributed by atoms with Gasteiger partial charge in [-0.15, -0.1) is 0 Å². The number of nitro groups is 1. The van der Waals surface area contributed by atoms with Crippen molar-refractivity contribution in [2.24, 2.45) is 5.14 Å². The molecule has 0 saturated heterocycles. The van der Waals surface area contributed by atoms with E-state index in [1.165, 1.54) is 22.6 Å². The lowest BCUT2D eigenvalue weighted by Gasteiger charge is -2.04. The van der Waals surface area contributed by atoms with Crippen molar-refractivity contribution in [2.75, 3.05) is 0 Å². The number of hydrogen-bond donors (Lipinski definition) is 1. The molecule has 0 aliphatic rings. The van der Waals surface area contributed by atoms with E-state index in [-0.39, 0.29) is 0 Å². The summed E-state index contributed by atoms with van der Waals surface area (Å²) in [7, 11) is -4.38. The molecule has 0 saturated carbocycles. The summed E-state index contributed by atoms with van der Waals surface area (Å²) in [6, 6.07) is 0.523. The summed E-state index contributed by atoms with van der Waals surface area (Å²) in [4.78, 5) is 12.6. The molecule has 0 aliphatic heterocycles. The molecule has 1 rings (SSSR count). The van der Waals surface area contributed by atoms with Crippen molar-refractivity contribution < 1.29 is 22.1 Å². The van der Waals surface area contributed by atoms with Gasteiger partial charge in [0.25, 0.3) is 21.5 Å². The van der Waals surface area contributed by atoms with Gasteiger partial charge in [0.1, 0.15) is 3.57 Å². The number of halogens is 3. The molecule has 0 aliphatic carbocycles. The quantitative estimate of drug-likeness (QED) is 0.481. The third-order valence-electron chi connectivity index (χ3n) is 1.64. The second-order valence-electron chi connectivity index (χ2n) is 2.79. The van der Waals surface area contributed by atoms with Crippen molar-refractivity contribution in [3.8, 4) is 0 Å². The number of nitrogens with two attached hydrogens (primary N) is 1. The molecule has 94 valence electrons. The first-order chi connectivity index (χ1) is 7.64. The number of hydrogen-bond acceptors (Lipinski definition) is 5. The van der Waals surface area contributed by atoms with Gasteiger partial charge in [-0.1, -0.05) is 0 Å². The van der Waals surface area contributed by atoms with Crippen molar-refractivity contribution >= 4 is 38.4 Å². The molecule has 2 N–H and O–H groups in total. The average Bonchev–Trinajstić information content (AvgIpc) is 2.14. The van der Waals surface area contributed by atoms with Gasteiger partial charge in [0, 0.05) is 11.6 Å². The minimum Gasteiger partial charge on any atom is -0.358 e. The van der Waals surface area contributed by atoms with Gasteiger partial charge in [-0.25, -0.2) is 22.3 Å². The lowest BCUT2D eigenvalue weighted by atomic mass is 10.3. The maximum absolute atomic E-state index is 12.5. The van der Waals surface area contributed by atoms with Crippen molar-refractivity contribution in [3.63, 3.8) is 0 Å². The molecule has 1 aromatic heterocycles. The third kappa shape index (κ3) is 3.04. The molecule has 0 radical (unpaired) electrons. The zero-order valence-corrected chi connectivity index (χ0v) is 10.8. The zero-order chi connectivity index (χ0) is 13.4. The Hall–Kier alpha value is -0.950. The van der Waals surface area contributed by atoms with E-state index < -0.39 is 41.3 Å². The fourth-order valence-corrected chi connectivity index (χ4v) is 2.15. The third-order valence-corrected chi connectivity index (χ3v) is 3.54. The Bertz CT molecular complexity index is 577. The Kier molecular flexibility index (Phi) is 3.93. The Morgan fingerprint density at radius 2 is 2.06 bits per heavy atom. The number of sulfonamides is 1. The SMILES string of the molecule is NS(=O)(=O)c1cc(C(F)F)c(I)c([N+](=O)[O-])n1. The number of nitrogens with zero attached hydrogens (tertiary/aromatic N) is 2. The van der Waals surface area contributed by atoms with Crippen LogP contribution in [0.1, 0.15) is 12.0 Å². The first kappa shape index (κ1) is 14.1. The fourth-order valence-electron chi connectivity index (χ4n) is 0.937. The summed E-state index contributed by atoms with van der Waals surface area (Å²) < 4.78 is 46.6. The van der Waals surface area contributed by atoms with Crippen molar-refractivity contribution in [3.05, 3.63) is 25.3 Å². The highest BCUT2D eigenvalue weighted by Gasteiger charge is 2.29. The highest BCUT2D eigenvalue weighted by molar-refractivity contribution is 14.1. The average molecular weight is 379 g/mol. The van der Waals surface area contributed by atoms with Crippen LogP contribution in [0, 0.1) is 13.7 Å². The predicted octanol–water partition coefficient (Wildman–Crippen LogP) is 1.18. The van der Waals surface area contributed by atoms with Crippen LogP contribution < -0.4 is 5.14 Å². The van der Waals surface area contributed by atoms with E-state index in [0.29, 0.717) is 6.07 Å². The second-order valence-corrected chi connectivity index (χ2v) is 5.38. The number of pyridine rings is 1. The molecule has 0 bridgehead atoms. The molecule has 0 atom stereocenters. The summed E-state index contributed by atoms with van der Waals surface area (Å²) in [5.74, 6) is -0.965. The molecule has 0 amide bonds. The molecular formula is C6H4F2IN3O4S. The maximum Gasteiger partial charge on any atom is 0.378 e. The smallest absolute Gasteiger partial charge is 0.358 e. The van der Waals surface area contributed by atoms with Gasteiger partial charge < -0.3 is 10.1 Å². The van der Waals surface area contributed by atoms with Gasteiger partial charge in [-0.3, -0.25) is 0 Å². The monoisotopic (exact) mass is 379 g/mol. The highest BCUT2D eigenvalue weighted by Crippen LogP contribution is 2.31. The summed E-state index contributed by atoms with van der Waals surface area (Å²) in [5.41, 5.74) is -0.795. The van der Waals surface area contributed by atoms with Crippen LogP contribution in [0.3, 0.4) is 0 Å². The van der Waals surface area contributed by atoms with Crippen LogP contribution in [0.15, 0.2) is 11.1 Å². The summed E-state index contributed by atoms with van der Waals surface area (Å²) in [6.07, 6.45) is -3.07. The highest BCUT2D eigenvalue weighted by atomic mass is 127.